The Balaban J connectivity index is 1.36. The molecule has 1 aliphatic carbocycles. The first-order valence-corrected chi connectivity index (χ1v) is 15.6. The van der Waals surface area contributed by atoms with Gasteiger partial charge in [0.2, 0.25) is 5.91 Å². The van der Waals surface area contributed by atoms with E-state index in [-0.39, 0.29) is 30.6 Å². The number of urea groups is 1. The van der Waals surface area contributed by atoms with E-state index in [1.807, 2.05) is 6.07 Å². The first-order chi connectivity index (χ1) is 19.3. The maximum atomic E-state index is 16.1. The molecule has 6 nitrogen and oxygen atoms in total. The summed E-state index contributed by atoms with van der Waals surface area (Å²) in [6.07, 6.45) is -3.04. The van der Waals surface area contributed by atoms with E-state index >= 15 is 4.39 Å². The van der Waals surface area contributed by atoms with Crippen LogP contribution in [0, 0.1) is 11.6 Å². The van der Waals surface area contributed by atoms with Crippen LogP contribution in [0.5, 0.6) is 0 Å². The lowest BCUT2D eigenvalue weighted by molar-refractivity contribution is -0.137. The van der Waals surface area contributed by atoms with E-state index in [2.05, 4.69) is 10.6 Å². The molecule has 1 heterocycles. The third-order valence-corrected chi connectivity index (χ3v) is 8.82. The van der Waals surface area contributed by atoms with Gasteiger partial charge in [0, 0.05) is 17.4 Å². The number of anilines is 2. The van der Waals surface area contributed by atoms with Crippen LogP contribution in [0.1, 0.15) is 36.3 Å². The standard InChI is InChI=1S/C29H27F5N3O3P/c1-41(2,40)24-6-4-3-5-18(24)19-10-12-23(26(31)25(19)16-7-8-16)37-14-13-22(27(37)38)36-28(39)35-21-11-9-17(15-20(21)30)29(32,33)34/h3-6,9-12,15-16,22H,7-8,13-14H2,1-2H3,(H2,35,36,39). The molecule has 1 unspecified atom stereocenters. The van der Waals surface area contributed by atoms with Crippen molar-refractivity contribution in [1.29, 1.82) is 0 Å². The van der Waals surface area contributed by atoms with Gasteiger partial charge in [-0.2, -0.15) is 13.2 Å². The fourth-order valence-electron chi connectivity index (χ4n) is 5.13. The highest BCUT2D eigenvalue weighted by molar-refractivity contribution is 7.70. The van der Waals surface area contributed by atoms with Crippen LogP contribution < -0.4 is 20.8 Å². The number of halogens is 5. The highest BCUT2D eigenvalue weighted by Crippen LogP contribution is 2.49. The normalized spacial score (nSPS) is 17.6. The number of alkyl halides is 3. The number of hydrogen-bond donors (Lipinski definition) is 2. The Morgan fingerprint density at radius 3 is 2.32 bits per heavy atom. The smallest absolute Gasteiger partial charge is 0.326 e. The summed E-state index contributed by atoms with van der Waals surface area (Å²) in [5.41, 5.74) is 0.150. The SMILES string of the molecule is CP(C)(=O)c1ccccc1-c1ccc(N2CCC(NC(=O)Nc3ccc(C(F)(F)F)cc3F)C2=O)c(F)c1C1CC1. The molecule has 2 fully saturated rings. The van der Waals surface area contributed by atoms with E-state index in [0.29, 0.717) is 28.1 Å². The van der Waals surface area contributed by atoms with Gasteiger partial charge in [-0.25, -0.2) is 13.6 Å². The molecule has 1 saturated carbocycles. The summed E-state index contributed by atoms with van der Waals surface area (Å²) in [6.45, 7) is 3.42. The van der Waals surface area contributed by atoms with Gasteiger partial charge in [-0.3, -0.25) is 4.79 Å². The molecule has 1 saturated heterocycles. The maximum Gasteiger partial charge on any atom is 0.416 e. The van der Waals surface area contributed by atoms with Crippen molar-refractivity contribution in [3.05, 3.63) is 77.4 Å². The minimum atomic E-state index is -4.74. The summed E-state index contributed by atoms with van der Waals surface area (Å²) in [5.74, 6) is -2.45. The summed E-state index contributed by atoms with van der Waals surface area (Å²) in [6, 6.07) is 10.1. The number of carbonyl (C=O) groups excluding carboxylic acids is 2. The van der Waals surface area contributed by atoms with Crippen molar-refractivity contribution >= 4 is 35.8 Å². The molecule has 3 amide bonds. The molecule has 41 heavy (non-hydrogen) atoms. The molecule has 2 aliphatic rings. The van der Waals surface area contributed by atoms with Crippen LogP contribution in [0.2, 0.25) is 0 Å². The molecule has 12 heteroatoms. The molecule has 5 rings (SSSR count). The Bertz CT molecular complexity index is 1580. The number of nitrogens with one attached hydrogen (secondary N) is 2. The van der Waals surface area contributed by atoms with Gasteiger partial charge in [-0.1, -0.05) is 30.3 Å². The van der Waals surface area contributed by atoms with Crippen molar-refractivity contribution in [2.45, 2.75) is 37.4 Å². The largest absolute Gasteiger partial charge is 0.416 e. The minimum absolute atomic E-state index is 0.0397. The quantitative estimate of drug-likeness (QED) is 0.247. The van der Waals surface area contributed by atoms with Gasteiger partial charge >= 0.3 is 12.2 Å². The van der Waals surface area contributed by atoms with Gasteiger partial charge in [-0.05, 0) is 73.9 Å². The lowest BCUT2D eigenvalue weighted by Gasteiger charge is -2.22. The topological polar surface area (TPSA) is 78.5 Å². The summed E-state index contributed by atoms with van der Waals surface area (Å²) in [4.78, 5) is 26.9. The zero-order chi connectivity index (χ0) is 29.7. The Kier molecular flexibility index (Phi) is 7.44. The van der Waals surface area contributed by atoms with Crippen LogP contribution in [0.25, 0.3) is 11.1 Å². The monoisotopic (exact) mass is 591 g/mol. The number of nitrogens with zero attached hydrogens (tertiary/aromatic N) is 1. The minimum Gasteiger partial charge on any atom is -0.326 e. The second-order valence-electron chi connectivity index (χ2n) is 10.6. The Morgan fingerprint density at radius 2 is 1.68 bits per heavy atom. The van der Waals surface area contributed by atoms with Crippen molar-refractivity contribution in [2.75, 3.05) is 30.1 Å². The van der Waals surface area contributed by atoms with Gasteiger partial charge in [0.05, 0.1) is 16.9 Å². The van der Waals surface area contributed by atoms with Crippen molar-refractivity contribution in [3.8, 4) is 11.1 Å². The molecule has 0 radical (unpaired) electrons. The number of carbonyl (C=O) groups is 2. The van der Waals surface area contributed by atoms with E-state index in [1.165, 1.54) is 11.0 Å². The molecule has 3 aromatic rings. The fraction of sp³-hybridized carbons (Fsp3) is 0.310. The fourth-order valence-corrected chi connectivity index (χ4v) is 6.35. The number of hydrogen-bond acceptors (Lipinski definition) is 3. The predicted molar refractivity (Wildman–Crippen MR) is 147 cm³/mol. The summed E-state index contributed by atoms with van der Waals surface area (Å²) >= 11 is 0. The van der Waals surface area contributed by atoms with Crippen LogP contribution in [0.4, 0.5) is 38.1 Å². The average Bonchev–Trinajstić information content (AvgIpc) is 3.67. The van der Waals surface area contributed by atoms with Crippen LogP contribution in [0.3, 0.4) is 0 Å². The van der Waals surface area contributed by atoms with Crippen molar-refractivity contribution < 1.29 is 36.1 Å². The van der Waals surface area contributed by atoms with E-state index < -0.39 is 54.2 Å². The summed E-state index contributed by atoms with van der Waals surface area (Å²) < 4.78 is 81.6. The van der Waals surface area contributed by atoms with Crippen molar-refractivity contribution in [3.63, 3.8) is 0 Å². The van der Waals surface area contributed by atoms with Crippen LogP contribution in [-0.4, -0.2) is 37.9 Å². The van der Waals surface area contributed by atoms with Gasteiger partial charge in [-0.15, -0.1) is 0 Å². The predicted octanol–water partition coefficient (Wildman–Crippen LogP) is 6.70. The second-order valence-corrected chi connectivity index (χ2v) is 13.8. The van der Waals surface area contributed by atoms with Crippen LogP contribution >= 0.6 is 7.14 Å². The highest BCUT2D eigenvalue weighted by Gasteiger charge is 2.38. The van der Waals surface area contributed by atoms with E-state index in [4.69, 9.17) is 0 Å². The maximum absolute atomic E-state index is 16.1. The van der Waals surface area contributed by atoms with E-state index in [1.54, 1.807) is 37.6 Å². The lowest BCUT2D eigenvalue weighted by atomic mass is 9.95. The third kappa shape index (κ3) is 5.86. The molecular formula is C29H27F5N3O3P. The van der Waals surface area contributed by atoms with Crippen LogP contribution in [-0.2, 0) is 15.5 Å². The number of rotatable bonds is 6. The number of amides is 3. The average molecular weight is 592 g/mol. The molecular weight excluding hydrogens is 564 g/mol. The van der Waals surface area contributed by atoms with Crippen molar-refractivity contribution in [2.24, 2.45) is 0 Å². The zero-order valence-corrected chi connectivity index (χ0v) is 23.1. The van der Waals surface area contributed by atoms with Gasteiger partial charge in [0.1, 0.15) is 19.0 Å². The molecule has 0 aromatic heterocycles. The van der Waals surface area contributed by atoms with E-state index in [9.17, 15) is 31.7 Å². The molecule has 216 valence electrons. The second kappa shape index (κ2) is 10.6. The Morgan fingerprint density at radius 1 is 0.976 bits per heavy atom. The van der Waals surface area contributed by atoms with Crippen LogP contribution in [0.15, 0.2) is 54.6 Å². The Hall–Kier alpha value is -3.72. The Labute approximate surface area is 233 Å². The molecule has 0 bridgehead atoms. The summed E-state index contributed by atoms with van der Waals surface area (Å²) in [5, 5.41) is 5.16. The third-order valence-electron chi connectivity index (χ3n) is 7.27. The molecule has 0 spiro atoms. The first-order valence-electron chi connectivity index (χ1n) is 13.0. The lowest BCUT2D eigenvalue weighted by Crippen LogP contribution is -2.43. The number of benzene rings is 3. The van der Waals surface area contributed by atoms with Gasteiger partial charge in [0.15, 0.2) is 5.82 Å². The zero-order valence-electron chi connectivity index (χ0n) is 22.2. The highest BCUT2D eigenvalue weighted by atomic mass is 31.2. The first kappa shape index (κ1) is 28.8. The molecule has 1 aliphatic heterocycles. The van der Waals surface area contributed by atoms with Gasteiger partial charge in [0.25, 0.3) is 0 Å². The van der Waals surface area contributed by atoms with E-state index in [0.717, 1.165) is 18.9 Å². The molecule has 2 N–H and O–H groups in total. The van der Waals surface area contributed by atoms with Gasteiger partial charge < -0.3 is 20.1 Å². The molecule has 3 aromatic carbocycles. The molecule has 1 atom stereocenters. The van der Waals surface area contributed by atoms with Crippen molar-refractivity contribution in [1.82, 2.24) is 5.32 Å². The summed E-state index contributed by atoms with van der Waals surface area (Å²) in [7, 11) is -2.68.